The smallest absolute Gasteiger partial charge is 0.263 e. The van der Waals surface area contributed by atoms with Crippen molar-refractivity contribution >= 4 is 34.7 Å². The summed E-state index contributed by atoms with van der Waals surface area (Å²) in [7, 11) is 0. The Morgan fingerprint density at radius 3 is 2.49 bits per heavy atom. The highest BCUT2D eigenvalue weighted by Crippen LogP contribution is 2.39. The normalized spacial score (nSPS) is 22.0. The minimum Gasteiger partial charge on any atom is -0.381 e. The molecule has 3 aromatic heterocycles. The number of hydrogen-bond donors (Lipinski definition) is 2. The van der Waals surface area contributed by atoms with E-state index in [2.05, 4.69) is 20.4 Å². The van der Waals surface area contributed by atoms with E-state index in [0.717, 1.165) is 36.2 Å². The van der Waals surface area contributed by atoms with Crippen LogP contribution in [0.2, 0.25) is 0 Å². The number of nitrogens with two attached hydrogens (primary N) is 1. The zero-order valence-electron chi connectivity index (χ0n) is 20.2. The van der Waals surface area contributed by atoms with Crippen molar-refractivity contribution in [2.75, 3.05) is 42.1 Å². The van der Waals surface area contributed by atoms with Gasteiger partial charge in [-0.15, -0.1) is 5.10 Å². The number of anilines is 3. The molecule has 0 bridgehead atoms. The van der Waals surface area contributed by atoms with E-state index in [9.17, 15) is 14.0 Å². The Bertz CT molecular complexity index is 1360. The van der Waals surface area contributed by atoms with Gasteiger partial charge >= 0.3 is 0 Å². The molecule has 3 fully saturated rings. The average Bonchev–Trinajstić information content (AvgIpc) is 3.56. The predicted octanol–water partition coefficient (Wildman–Crippen LogP) is 2.71. The van der Waals surface area contributed by atoms with Crippen LogP contribution in [0.25, 0.3) is 5.65 Å². The van der Waals surface area contributed by atoms with Gasteiger partial charge in [0.25, 0.3) is 5.91 Å². The molecule has 2 unspecified atom stereocenters. The number of aromatic nitrogens is 4. The van der Waals surface area contributed by atoms with E-state index in [1.807, 2.05) is 9.80 Å². The summed E-state index contributed by atoms with van der Waals surface area (Å²) in [6.07, 6.45) is 9.41. The van der Waals surface area contributed by atoms with Crippen LogP contribution in [0.15, 0.2) is 24.8 Å². The summed E-state index contributed by atoms with van der Waals surface area (Å²) < 4.78 is 29.6. The third-order valence-electron chi connectivity index (χ3n) is 8.01. The van der Waals surface area contributed by atoms with Crippen LogP contribution in [0.4, 0.5) is 26.0 Å². The molecule has 2 atom stereocenters. The molecule has 194 valence electrons. The maximum atomic E-state index is 15.0. The molecule has 6 rings (SSSR count). The van der Waals surface area contributed by atoms with Crippen LogP contribution in [-0.2, 0) is 4.79 Å². The number of nitrogens with one attached hydrogen (secondary N) is 1. The summed E-state index contributed by atoms with van der Waals surface area (Å²) in [5, 5.41) is 6.61. The number of likely N-dealkylation sites (tertiary alicyclic amines) is 1. The number of halogens is 2. The van der Waals surface area contributed by atoms with E-state index >= 15 is 4.39 Å². The predicted molar refractivity (Wildman–Crippen MR) is 132 cm³/mol. The van der Waals surface area contributed by atoms with E-state index in [1.165, 1.54) is 25.5 Å². The molecule has 3 aromatic rings. The first-order valence-corrected chi connectivity index (χ1v) is 12.7. The topological polar surface area (TPSA) is 122 Å². The Morgan fingerprint density at radius 2 is 1.76 bits per heavy atom. The minimum atomic E-state index is -0.662. The summed E-state index contributed by atoms with van der Waals surface area (Å²) in [6.45, 7) is 2.68. The molecule has 0 spiro atoms. The van der Waals surface area contributed by atoms with Crippen molar-refractivity contribution < 1.29 is 18.4 Å². The molecule has 2 amide bonds. The molecule has 0 aromatic carbocycles. The SMILES string of the molecule is Nc1nn2cc(F)cnc2c1C(=O)Nc1cncc(F)c1N1CCC(C(=O)N2CC3CCCC3C2)CC1. The lowest BCUT2D eigenvalue weighted by atomic mass is 9.94. The number of amides is 2. The van der Waals surface area contributed by atoms with Crippen molar-refractivity contribution in [3.8, 4) is 0 Å². The molecular weight excluding hydrogens is 482 g/mol. The van der Waals surface area contributed by atoms with Crippen LogP contribution in [-0.4, -0.2) is 62.5 Å². The summed E-state index contributed by atoms with van der Waals surface area (Å²) >= 11 is 0. The van der Waals surface area contributed by atoms with Crippen molar-refractivity contribution in [1.29, 1.82) is 0 Å². The second kappa shape index (κ2) is 9.24. The number of rotatable bonds is 4. The van der Waals surface area contributed by atoms with Gasteiger partial charge < -0.3 is 20.9 Å². The molecule has 12 heteroatoms. The number of nitrogen functional groups attached to an aromatic ring is 1. The molecule has 1 aliphatic carbocycles. The highest BCUT2D eigenvalue weighted by atomic mass is 19.1. The van der Waals surface area contributed by atoms with E-state index in [-0.39, 0.29) is 40.2 Å². The Hall–Kier alpha value is -3.83. The lowest BCUT2D eigenvalue weighted by Crippen LogP contribution is -2.42. The van der Waals surface area contributed by atoms with E-state index in [1.54, 1.807) is 0 Å². The van der Waals surface area contributed by atoms with Crippen LogP contribution >= 0.6 is 0 Å². The van der Waals surface area contributed by atoms with Gasteiger partial charge in [-0.1, -0.05) is 6.42 Å². The van der Waals surface area contributed by atoms with Crippen molar-refractivity contribution in [1.82, 2.24) is 24.5 Å². The second-order valence-corrected chi connectivity index (χ2v) is 10.2. The van der Waals surface area contributed by atoms with Gasteiger partial charge in [-0.3, -0.25) is 14.6 Å². The molecule has 10 nitrogen and oxygen atoms in total. The first kappa shape index (κ1) is 23.6. The number of nitrogens with zero attached hydrogens (tertiary/aromatic N) is 6. The van der Waals surface area contributed by atoms with E-state index in [0.29, 0.717) is 37.8 Å². The summed E-state index contributed by atoms with van der Waals surface area (Å²) in [5.41, 5.74) is 6.31. The number of pyridine rings is 1. The van der Waals surface area contributed by atoms with Crippen LogP contribution in [0, 0.1) is 29.4 Å². The summed E-state index contributed by atoms with van der Waals surface area (Å²) in [5.74, 6) is -0.573. The average molecular weight is 511 g/mol. The van der Waals surface area contributed by atoms with Gasteiger partial charge in [-0.05, 0) is 37.5 Å². The standard InChI is InChI=1S/C25H28F2N8O2/c26-17-8-30-23-20(22(28)32-35(23)13-17)24(36)31-19-10-29-9-18(27)21(19)33-6-4-14(5-7-33)25(37)34-11-15-2-1-3-16(15)12-34/h8-10,13-16H,1-7,11-12H2,(H2,28,32)(H,31,36). The number of hydrogen-bond acceptors (Lipinski definition) is 7. The number of fused-ring (bicyclic) bond motifs is 2. The fourth-order valence-corrected chi connectivity index (χ4v) is 6.20. The summed E-state index contributed by atoms with van der Waals surface area (Å²) in [6, 6.07) is 0. The van der Waals surface area contributed by atoms with Gasteiger partial charge in [0.05, 0.1) is 30.5 Å². The lowest BCUT2D eigenvalue weighted by molar-refractivity contribution is -0.135. The molecule has 2 saturated heterocycles. The fraction of sp³-hybridized carbons (Fsp3) is 0.480. The van der Waals surface area contributed by atoms with Gasteiger partial charge in [0.2, 0.25) is 5.91 Å². The van der Waals surface area contributed by atoms with Crippen LogP contribution in [0.1, 0.15) is 42.5 Å². The van der Waals surface area contributed by atoms with Crippen LogP contribution < -0.4 is 16.0 Å². The molecule has 3 aliphatic rings. The highest BCUT2D eigenvalue weighted by Gasteiger charge is 2.40. The van der Waals surface area contributed by atoms with Gasteiger partial charge in [-0.2, -0.15) is 0 Å². The number of piperidine rings is 1. The quantitative estimate of drug-likeness (QED) is 0.554. The van der Waals surface area contributed by atoms with Gasteiger partial charge in [-0.25, -0.2) is 18.3 Å². The zero-order valence-corrected chi connectivity index (χ0v) is 20.2. The summed E-state index contributed by atoms with van der Waals surface area (Å²) in [4.78, 5) is 38.0. The van der Waals surface area contributed by atoms with Gasteiger partial charge in [0, 0.05) is 32.1 Å². The maximum Gasteiger partial charge on any atom is 0.263 e. The van der Waals surface area contributed by atoms with Crippen molar-refractivity contribution in [3.05, 3.63) is 42.0 Å². The van der Waals surface area contributed by atoms with Crippen molar-refractivity contribution in [3.63, 3.8) is 0 Å². The van der Waals surface area contributed by atoms with Crippen LogP contribution in [0.3, 0.4) is 0 Å². The fourth-order valence-electron chi connectivity index (χ4n) is 6.20. The molecule has 0 radical (unpaired) electrons. The monoisotopic (exact) mass is 510 g/mol. The maximum absolute atomic E-state index is 15.0. The minimum absolute atomic E-state index is 0.0464. The second-order valence-electron chi connectivity index (χ2n) is 10.2. The molecule has 3 N–H and O–H groups in total. The number of carbonyl (C=O) groups excluding carboxylic acids is 2. The third kappa shape index (κ3) is 4.23. The first-order chi connectivity index (χ1) is 17.9. The van der Waals surface area contributed by atoms with Gasteiger partial charge in [0.1, 0.15) is 11.3 Å². The van der Waals surface area contributed by atoms with Crippen LogP contribution in [0.5, 0.6) is 0 Å². The Kier molecular flexibility index (Phi) is 5.88. The first-order valence-electron chi connectivity index (χ1n) is 12.7. The third-order valence-corrected chi connectivity index (χ3v) is 8.01. The Balaban J connectivity index is 1.17. The lowest BCUT2D eigenvalue weighted by Gasteiger charge is -2.35. The van der Waals surface area contributed by atoms with Crippen molar-refractivity contribution in [2.24, 2.45) is 17.8 Å². The molecule has 37 heavy (non-hydrogen) atoms. The van der Waals surface area contributed by atoms with Gasteiger partial charge in [0.15, 0.2) is 23.1 Å². The Morgan fingerprint density at radius 1 is 1.03 bits per heavy atom. The molecular formula is C25H28F2N8O2. The molecule has 2 aliphatic heterocycles. The molecule has 5 heterocycles. The largest absolute Gasteiger partial charge is 0.381 e. The number of carbonyl (C=O) groups is 2. The zero-order chi connectivity index (χ0) is 25.7. The highest BCUT2D eigenvalue weighted by molar-refractivity contribution is 6.12. The van der Waals surface area contributed by atoms with E-state index < -0.39 is 17.5 Å². The molecule has 1 saturated carbocycles. The van der Waals surface area contributed by atoms with Crippen molar-refractivity contribution in [2.45, 2.75) is 32.1 Å². The Labute approximate surface area is 211 Å². The van der Waals surface area contributed by atoms with E-state index in [4.69, 9.17) is 5.73 Å².